The molecule has 0 saturated carbocycles. The van der Waals surface area contributed by atoms with Crippen molar-refractivity contribution in [1.82, 2.24) is 0 Å². The third-order valence-electron chi connectivity index (χ3n) is 4.37. The lowest BCUT2D eigenvalue weighted by Gasteiger charge is -2.19. The van der Waals surface area contributed by atoms with Gasteiger partial charge < -0.3 is 19.4 Å². The minimum Gasteiger partial charge on any atom is -0.457 e. The minimum absolute atomic E-state index is 0.0903. The predicted molar refractivity (Wildman–Crippen MR) is 105 cm³/mol. The van der Waals surface area contributed by atoms with Gasteiger partial charge in [-0.25, -0.2) is 0 Å². The number of benzene rings is 2. The van der Waals surface area contributed by atoms with Crippen LogP contribution in [0.3, 0.4) is 0 Å². The molecule has 2 aromatic carbocycles. The van der Waals surface area contributed by atoms with E-state index < -0.39 is 7.32 Å². The van der Waals surface area contributed by atoms with Gasteiger partial charge in [-0.15, -0.1) is 0 Å². The molecule has 0 fully saturated rings. The van der Waals surface area contributed by atoms with Crippen molar-refractivity contribution < 1.29 is 19.4 Å². The van der Waals surface area contributed by atoms with Crippen molar-refractivity contribution >= 4 is 7.32 Å². The molecule has 140 valence electrons. The molecule has 0 aliphatic rings. The van der Waals surface area contributed by atoms with Gasteiger partial charge in [0.1, 0.15) is 11.5 Å². The second-order valence-corrected chi connectivity index (χ2v) is 6.45. The van der Waals surface area contributed by atoms with Gasteiger partial charge in [0.25, 0.3) is 0 Å². The molecule has 2 rings (SSSR count). The topological polar surface area (TPSA) is 58.9 Å². The molecular formula is C21H29BO4. The summed E-state index contributed by atoms with van der Waals surface area (Å²) in [5, 5.41) is 18.1. The number of hydrogen-bond donors (Lipinski definition) is 2. The van der Waals surface area contributed by atoms with Crippen LogP contribution in [0.2, 0.25) is 0 Å². The van der Waals surface area contributed by atoms with E-state index in [-0.39, 0.29) is 6.61 Å². The fourth-order valence-corrected chi connectivity index (χ4v) is 2.96. The van der Waals surface area contributed by atoms with Crippen LogP contribution in [0.15, 0.2) is 42.5 Å². The molecule has 2 N–H and O–H groups in total. The zero-order valence-corrected chi connectivity index (χ0v) is 15.8. The largest absolute Gasteiger partial charge is 0.634 e. The highest BCUT2D eigenvalue weighted by molar-refractivity contribution is 6.32. The number of aryl methyl sites for hydroxylation is 1. The maximum Gasteiger partial charge on any atom is 0.634 e. The Labute approximate surface area is 157 Å². The standard InChI is InChI=1S/C21H29BO4/c1-3-5-10-17-14-15-18(16-25-22(23)24)21(20(17)13-6-4-2)26-19-11-8-7-9-12-19/h7-9,11-12,14-15,23-24H,3-6,10,13,16H2,1-2H3. The molecule has 0 aliphatic carbocycles. The molecule has 0 spiro atoms. The van der Waals surface area contributed by atoms with Crippen molar-refractivity contribution in [3.05, 3.63) is 59.2 Å². The van der Waals surface area contributed by atoms with E-state index in [0.717, 1.165) is 55.6 Å². The van der Waals surface area contributed by atoms with Crippen LogP contribution in [0.5, 0.6) is 11.5 Å². The number of ether oxygens (including phenoxy) is 1. The maximum absolute atomic E-state index is 9.07. The first-order valence-corrected chi connectivity index (χ1v) is 9.50. The predicted octanol–water partition coefficient (Wildman–Crippen LogP) is 4.65. The van der Waals surface area contributed by atoms with Crippen LogP contribution in [0.4, 0.5) is 0 Å². The van der Waals surface area contributed by atoms with E-state index in [1.54, 1.807) is 0 Å². The Morgan fingerprint density at radius 2 is 1.50 bits per heavy atom. The third-order valence-corrected chi connectivity index (χ3v) is 4.37. The summed E-state index contributed by atoms with van der Waals surface area (Å²) in [5.41, 5.74) is 3.34. The molecule has 0 unspecified atom stereocenters. The SMILES string of the molecule is CCCCc1ccc(COB(O)O)c(Oc2ccccc2)c1CCCC. The molecule has 5 heteroatoms. The Morgan fingerprint density at radius 1 is 0.846 bits per heavy atom. The van der Waals surface area contributed by atoms with Crippen molar-refractivity contribution in [2.45, 2.75) is 59.0 Å². The second kappa shape index (κ2) is 11.0. The molecule has 4 nitrogen and oxygen atoms in total. The van der Waals surface area contributed by atoms with Crippen molar-refractivity contribution in [2.75, 3.05) is 0 Å². The quantitative estimate of drug-likeness (QED) is 0.576. The van der Waals surface area contributed by atoms with E-state index in [0.29, 0.717) is 0 Å². The Bertz CT molecular complexity index is 659. The lowest BCUT2D eigenvalue weighted by molar-refractivity contribution is 0.175. The summed E-state index contributed by atoms with van der Waals surface area (Å²) in [6, 6.07) is 13.8. The van der Waals surface area contributed by atoms with Gasteiger partial charge in [-0.2, -0.15) is 0 Å². The highest BCUT2D eigenvalue weighted by Gasteiger charge is 2.18. The Kier molecular flexibility index (Phi) is 8.68. The van der Waals surface area contributed by atoms with Gasteiger partial charge in [-0.3, -0.25) is 0 Å². The van der Waals surface area contributed by atoms with Crippen LogP contribution in [-0.2, 0) is 24.1 Å². The first-order chi connectivity index (χ1) is 12.7. The Balaban J connectivity index is 2.42. The molecule has 2 aromatic rings. The highest BCUT2D eigenvalue weighted by Crippen LogP contribution is 2.34. The van der Waals surface area contributed by atoms with Gasteiger partial charge in [0, 0.05) is 5.56 Å². The fraction of sp³-hybridized carbons (Fsp3) is 0.429. The molecule has 0 aromatic heterocycles. The lowest BCUT2D eigenvalue weighted by Crippen LogP contribution is -2.17. The van der Waals surface area contributed by atoms with E-state index in [1.165, 1.54) is 11.1 Å². The molecule has 0 radical (unpaired) electrons. The molecule has 0 aliphatic heterocycles. The van der Waals surface area contributed by atoms with Gasteiger partial charge in [0.15, 0.2) is 0 Å². The maximum atomic E-state index is 9.07. The van der Waals surface area contributed by atoms with E-state index in [9.17, 15) is 0 Å². The van der Waals surface area contributed by atoms with Crippen LogP contribution in [-0.4, -0.2) is 17.4 Å². The average molecular weight is 356 g/mol. The molecule has 0 atom stereocenters. The summed E-state index contributed by atoms with van der Waals surface area (Å²) < 4.78 is 11.3. The number of unbranched alkanes of at least 4 members (excludes halogenated alkanes) is 2. The van der Waals surface area contributed by atoms with Crippen LogP contribution >= 0.6 is 0 Å². The van der Waals surface area contributed by atoms with Crippen LogP contribution in [0, 0.1) is 0 Å². The van der Waals surface area contributed by atoms with Crippen LogP contribution in [0.25, 0.3) is 0 Å². The van der Waals surface area contributed by atoms with Crippen molar-refractivity contribution in [2.24, 2.45) is 0 Å². The number of rotatable bonds is 11. The summed E-state index contributed by atoms with van der Waals surface area (Å²) in [7, 11) is -1.79. The van der Waals surface area contributed by atoms with E-state index in [2.05, 4.69) is 19.9 Å². The van der Waals surface area contributed by atoms with E-state index in [1.807, 2.05) is 36.4 Å². The first-order valence-electron chi connectivity index (χ1n) is 9.50. The van der Waals surface area contributed by atoms with Gasteiger partial charge in [0.2, 0.25) is 0 Å². The van der Waals surface area contributed by atoms with E-state index >= 15 is 0 Å². The Morgan fingerprint density at radius 3 is 2.15 bits per heavy atom. The smallest absolute Gasteiger partial charge is 0.457 e. The van der Waals surface area contributed by atoms with E-state index in [4.69, 9.17) is 19.4 Å². The zero-order chi connectivity index (χ0) is 18.8. The second-order valence-electron chi connectivity index (χ2n) is 6.45. The molecule has 0 heterocycles. The summed E-state index contributed by atoms with van der Waals surface area (Å²) in [6.07, 6.45) is 6.42. The molecular weight excluding hydrogens is 327 g/mol. The summed E-state index contributed by atoms with van der Waals surface area (Å²) in [6.45, 7) is 4.46. The summed E-state index contributed by atoms with van der Waals surface area (Å²) >= 11 is 0. The fourth-order valence-electron chi connectivity index (χ4n) is 2.96. The van der Waals surface area contributed by atoms with Crippen molar-refractivity contribution in [3.63, 3.8) is 0 Å². The molecule has 0 amide bonds. The average Bonchev–Trinajstić information content (AvgIpc) is 2.65. The van der Waals surface area contributed by atoms with Crippen LogP contribution in [0.1, 0.15) is 56.2 Å². The summed E-state index contributed by atoms with van der Waals surface area (Å²) in [4.78, 5) is 0. The molecule has 0 bridgehead atoms. The number of hydrogen-bond acceptors (Lipinski definition) is 4. The van der Waals surface area contributed by atoms with Crippen LogP contribution < -0.4 is 4.74 Å². The lowest BCUT2D eigenvalue weighted by atomic mass is 9.94. The van der Waals surface area contributed by atoms with Gasteiger partial charge in [0.05, 0.1) is 6.61 Å². The monoisotopic (exact) mass is 356 g/mol. The molecule has 0 saturated heterocycles. The van der Waals surface area contributed by atoms with Crippen molar-refractivity contribution in [1.29, 1.82) is 0 Å². The van der Waals surface area contributed by atoms with Gasteiger partial charge >= 0.3 is 7.32 Å². The highest BCUT2D eigenvalue weighted by atomic mass is 16.6. The molecule has 26 heavy (non-hydrogen) atoms. The summed E-state index contributed by atoms with van der Waals surface area (Å²) in [5.74, 6) is 1.56. The third kappa shape index (κ3) is 6.17. The normalized spacial score (nSPS) is 10.8. The minimum atomic E-state index is -1.79. The van der Waals surface area contributed by atoms with Crippen molar-refractivity contribution in [3.8, 4) is 11.5 Å². The zero-order valence-electron chi connectivity index (χ0n) is 15.8. The van der Waals surface area contributed by atoms with Gasteiger partial charge in [-0.05, 0) is 48.9 Å². The Hall–Kier alpha value is -1.82. The number of para-hydroxylation sites is 1. The van der Waals surface area contributed by atoms with Gasteiger partial charge in [-0.1, -0.05) is 57.0 Å². The first kappa shape index (κ1) is 20.5.